The first-order valence-corrected chi connectivity index (χ1v) is 8.21. The van der Waals surface area contributed by atoms with Crippen molar-refractivity contribution in [1.29, 1.82) is 0 Å². The van der Waals surface area contributed by atoms with Crippen LogP contribution in [0.15, 0.2) is 97.1 Å². The summed E-state index contributed by atoms with van der Waals surface area (Å²) in [7, 11) is 0. The molecule has 0 saturated heterocycles. The maximum absolute atomic E-state index is 5.59. The summed E-state index contributed by atoms with van der Waals surface area (Å²) in [6, 6.07) is 27.8. The molecule has 0 amide bonds. The van der Waals surface area contributed by atoms with E-state index in [2.05, 4.69) is 24.3 Å². The Labute approximate surface area is 148 Å². The molecule has 2 heteroatoms. The molecule has 0 radical (unpaired) electrons. The highest BCUT2D eigenvalue weighted by Gasteiger charge is 1.95. The van der Waals surface area contributed by atoms with Crippen LogP contribution in [0.3, 0.4) is 0 Å². The number of para-hydroxylation sites is 1. The summed E-state index contributed by atoms with van der Waals surface area (Å²) in [6.07, 6.45) is 8.20. The lowest BCUT2D eigenvalue weighted by Crippen LogP contribution is -2.05. The van der Waals surface area contributed by atoms with E-state index in [4.69, 9.17) is 9.47 Å². The third-order valence-corrected chi connectivity index (χ3v) is 3.56. The largest absolute Gasteiger partial charge is 0.458 e. The van der Waals surface area contributed by atoms with Gasteiger partial charge in [-0.1, -0.05) is 85.0 Å². The van der Waals surface area contributed by atoms with Gasteiger partial charge in [-0.05, 0) is 35.4 Å². The van der Waals surface area contributed by atoms with Gasteiger partial charge in [0.25, 0.3) is 0 Å². The van der Waals surface area contributed by atoms with Crippen molar-refractivity contribution in [2.75, 3.05) is 6.79 Å². The van der Waals surface area contributed by atoms with Gasteiger partial charge in [0, 0.05) is 0 Å². The normalized spacial score (nSPS) is 11.0. The molecule has 3 aromatic rings. The second-order valence-electron chi connectivity index (χ2n) is 5.42. The summed E-state index contributed by atoms with van der Waals surface area (Å²) < 4.78 is 11.1. The molecule has 3 aromatic carbocycles. The zero-order chi connectivity index (χ0) is 17.2. The van der Waals surface area contributed by atoms with Gasteiger partial charge in [0.15, 0.2) is 0 Å². The molecule has 2 nitrogen and oxygen atoms in total. The van der Waals surface area contributed by atoms with Crippen molar-refractivity contribution >= 4 is 12.2 Å². The number of hydrogen-bond donors (Lipinski definition) is 0. The smallest absolute Gasteiger partial charge is 0.230 e. The van der Waals surface area contributed by atoms with E-state index in [0.717, 1.165) is 17.1 Å². The van der Waals surface area contributed by atoms with Crippen molar-refractivity contribution in [1.82, 2.24) is 0 Å². The second-order valence-corrected chi connectivity index (χ2v) is 5.42. The zero-order valence-electron chi connectivity index (χ0n) is 13.9. The molecule has 0 unspecified atom stereocenters. The Morgan fingerprint density at radius 2 is 1.00 bits per heavy atom. The minimum atomic E-state index is 0.193. The number of benzene rings is 3. The fraction of sp³-hybridized carbons (Fsp3) is 0.0435. The fourth-order valence-corrected chi connectivity index (χ4v) is 2.25. The number of ether oxygens (including phenoxy) is 2. The second kappa shape index (κ2) is 9.14. The van der Waals surface area contributed by atoms with Crippen molar-refractivity contribution in [2.24, 2.45) is 0 Å². The molecule has 0 N–H and O–H groups in total. The van der Waals surface area contributed by atoms with Gasteiger partial charge in [-0.2, -0.15) is 0 Å². The third-order valence-electron chi connectivity index (χ3n) is 3.56. The molecule has 0 fully saturated rings. The maximum atomic E-state index is 5.59. The SMILES string of the molecule is C(C=Cc1ccc(OCOc2ccccc2)cc1)=Cc1ccccc1. The van der Waals surface area contributed by atoms with Crippen LogP contribution in [0.5, 0.6) is 11.5 Å². The predicted octanol–water partition coefficient (Wildman–Crippen LogP) is 5.83. The Bertz CT molecular complexity index is 804. The molecule has 0 aliphatic rings. The fourth-order valence-electron chi connectivity index (χ4n) is 2.25. The van der Waals surface area contributed by atoms with Crippen molar-refractivity contribution in [3.05, 3.63) is 108 Å². The third kappa shape index (κ3) is 5.70. The van der Waals surface area contributed by atoms with Gasteiger partial charge in [0.1, 0.15) is 11.5 Å². The van der Waals surface area contributed by atoms with E-state index in [1.165, 1.54) is 5.56 Å². The lowest BCUT2D eigenvalue weighted by atomic mass is 10.2. The molecule has 0 aliphatic carbocycles. The lowest BCUT2D eigenvalue weighted by molar-refractivity contribution is 0.120. The molecular weight excluding hydrogens is 308 g/mol. The first-order chi connectivity index (χ1) is 12.4. The van der Waals surface area contributed by atoms with E-state index in [1.54, 1.807) is 0 Å². The van der Waals surface area contributed by atoms with Crippen molar-refractivity contribution < 1.29 is 9.47 Å². The molecule has 0 spiro atoms. The number of rotatable bonds is 7. The molecule has 0 bridgehead atoms. The van der Waals surface area contributed by atoms with Crippen LogP contribution in [0.25, 0.3) is 12.2 Å². The van der Waals surface area contributed by atoms with Gasteiger partial charge in [-0.15, -0.1) is 0 Å². The van der Waals surface area contributed by atoms with E-state index < -0.39 is 0 Å². The number of hydrogen-bond acceptors (Lipinski definition) is 2. The Hall–Kier alpha value is -3.26. The van der Waals surface area contributed by atoms with Gasteiger partial charge >= 0.3 is 0 Å². The molecule has 0 saturated carbocycles. The van der Waals surface area contributed by atoms with Gasteiger partial charge in [-0.3, -0.25) is 0 Å². The van der Waals surface area contributed by atoms with E-state index in [0.29, 0.717) is 0 Å². The van der Waals surface area contributed by atoms with Crippen LogP contribution in [0, 0.1) is 0 Å². The number of allylic oxidation sites excluding steroid dienone is 2. The Morgan fingerprint density at radius 1 is 0.520 bits per heavy atom. The van der Waals surface area contributed by atoms with Crippen LogP contribution in [-0.4, -0.2) is 6.79 Å². The minimum Gasteiger partial charge on any atom is -0.458 e. The first-order valence-electron chi connectivity index (χ1n) is 8.21. The summed E-state index contributed by atoms with van der Waals surface area (Å²) in [6.45, 7) is 0.193. The average Bonchev–Trinajstić information content (AvgIpc) is 2.68. The molecule has 0 aromatic heterocycles. The van der Waals surface area contributed by atoms with Crippen LogP contribution in [0.4, 0.5) is 0 Å². The van der Waals surface area contributed by atoms with Crippen molar-refractivity contribution in [2.45, 2.75) is 0 Å². The highest BCUT2D eigenvalue weighted by Crippen LogP contribution is 2.14. The first kappa shape index (κ1) is 16.6. The van der Waals surface area contributed by atoms with E-state index in [9.17, 15) is 0 Å². The Kier molecular flexibility index (Phi) is 6.06. The van der Waals surface area contributed by atoms with Gasteiger partial charge < -0.3 is 9.47 Å². The van der Waals surface area contributed by atoms with Crippen LogP contribution < -0.4 is 9.47 Å². The van der Waals surface area contributed by atoms with E-state index in [1.807, 2.05) is 84.9 Å². The summed E-state index contributed by atoms with van der Waals surface area (Å²) in [5, 5.41) is 0. The van der Waals surface area contributed by atoms with Crippen LogP contribution in [-0.2, 0) is 0 Å². The zero-order valence-corrected chi connectivity index (χ0v) is 13.9. The predicted molar refractivity (Wildman–Crippen MR) is 104 cm³/mol. The monoisotopic (exact) mass is 328 g/mol. The molecule has 124 valence electrons. The van der Waals surface area contributed by atoms with E-state index >= 15 is 0 Å². The van der Waals surface area contributed by atoms with Crippen molar-refractivity contribution in [3.63, 3.8) is 0 Å². The molecule has 3 rings (SSSR count). The highest BCUT2D eigenvalue weighted by atomic mass is 16.7. The Morgan fingerprint density at radius 3 is 1.60 bits per heavy atom. The highest BCUT2D eigenvalue weighted by molar-refractivity contribution is 5.57. The summed E-state index contributed by atoms with van der Waals surface area (Å²) in [4.78, 5) is 0. The molecule has 0 aliphatic heterocycles. The van der Waals surface area contributed by atoms with Crippen LogP contribution >= 0.6 is 0 Å². The quantitative estimate of drug-likeness (QED) is 0.401. The van der Waals surface area contributed by atoms with Crippen LogP contribution in [0.1, 0.15) is 11.1 Å². The van der Waals surface area contributed by atoms with Gasteiger partial charge in [0.05, 0.1) is 0 Å². The maximum Gasteiger partial charge on any atom is 0.230 e. The lowest BCUT2D eigenvalue weighted by Gasteiger charge is -2.08. The summed E-state index contributed by atoms with van der Waals surface area (Å²) in [5.74, 6) is 1.58. The summed E-state index contributed by atoms with van der Waals surface area (Å²) >= 11 is 0. The molecule has 0 heterocycles. The van der Waals surface area contributed by atoms with Crippen LogP contribution in [0.2, 0.25) is 0 Å². The topological polar surface area (TPSA) is 18.5 Å². The molecule has 0 atom stereocenters. The Balaban J connectivity index is 1.47. The van der Waals surface area contributed by atoms with E-state index in [-0.39, 0.29) is 6.79 Å². The molecular formula is C23H20O2. The minimum absolute atomic E-state index is 0.193. The van der Waals surface area contributed by atoms with Crippen molar-refractivity contribution in [3.8, 4) is 11.5 Å². The average molecular weight is 328 g/mol. The van der Waals surface area contributed by atoms with Gasteiger partial charge in [-0.25, -0.2) is 0 Å². The summed E-state index contributed by atoms with van der Waals surface area (Å²) in [5.41, 5.74) is 2.31. The van der Waals surface area contributed by atoms with Gasteiger partial charge in [0.2, 0.25) is 6.79 Å². The molecule has 25 heavy (non-hydrogen) atoms. The standard InChI is InChI=1S/C23H20O2/c1-3-9-20(10-4-1)11-7-8-12-21-15-17-23(18-16-21)25-19-24-22-13-5-2-6-14-22/h1-18H,19H2.